The number of phenols is 1. The molecule has 0 radical (unpaired) electrons. The third-order valence-electron chi connectivity index (χ3n) is 4.31. The number of rotatable bonds is 2. The highest BCUT2D eigenvalue weighted by Crippen LogP contribution is 2.25. The molecule has 1 N–H and O–H groups in total. The third kappa shape index (κ3) is 3.53. The van der Waals surface area contributed by atoms with Gasteiger partial charge < -0.3 is 5.11 Å². The molecule has 0 spiro atoms. The van der Waals surface area contributed by atoms with Gasteiger partial charge in [-0.25, -0.2) is 9.97 Å². The molecule has 1 aromatic carbocycles. The molecule has 1 aromatic heterocycles. The van der Waals surface area contributed by atoms with Gasteiger partial charge >= 0.3 is 0 Å². The first-order valence-corrected chi connectivity index (χ1v) is 8.19. The topological polar surface area (TPSA) is 49.2 Å². The Kier molecular flexibility index (Phi) is 4.11. The standard InChI is InChI=1S/C19H25N3O/c1-13-5-6-17(23)14(9-13)11-22-8-7-16-15(12-22)10-20-18(21-16)19(2,3)4/h5-6,9-10,23H,7-8,11-12H2,1-4H3. The van der Waals surface area contributed by atoms with Crippen molar-refractivity contribution in [3.63, 3.8) is 0 Å². The molecule has 122 valence electrons. The van der Waals surface area contributed by atoms with Gasteiger partial charge in [-0.1, -0.05) is 38.5 Å². The molecule has 1 aliphatic rings. The van der Waals surface area contributed by atoms with Gasteiger partial charge in [0.1, 0.15) is 11.6 Å². The zero-order valence-corrected chi connectivity index (χ0v) is 14.4. The fourth-order valence-electron chi connectivity index (χ4n) is 2.95. The second-order valence-electron chi connectivity index (χ2n) is 7.51. The van der Waals surface area contributed by atoms with Crippen molar-refractivity contribution in [1.29, 1.82) is 0 Å². The van der Waals surface area contributed by atoms with E-state index >= 15 is 0 Å². The minimum atomic E-state index is -0.0144. The second kappa shape index (κ2) is 5.93. The number of benzene rings is 1. The van der Waals surface area contributed by atoms with Crippen molar-refractivity contribution >= 4 is 0 Å². The van der Waals surface area contributed by atoms with Gasteiger partial charge in [-0.3, -0.25) is 4.90 Å². The lowest BCUT2D eigenvalue weighted by atomic mass is 9.95. The Morgan fingerprint density at radius 2 is 2.04 bits per heavy atom. The third-order valence-corrected chi connectivity index (χ3v) is 4.31. The Morgan fingerprint density at radius 1 is 1.26 bits per heavy atom. The molecule has 0 unspecified atom stereocenters. The van der Waals surface area contributed by atoms with Crippen LogP contribution in [0.3, 0.4) is 0 Å². The van der Waals surface area contributed by atoms with Crippen LogP contribution in [0.4, 0.5) is 0 Å². The Bertz CT molecular complexity index is 719. The molecule has 23 heavy (non-hydrogen) atoms. The van der Waals surface area contributed by atoms with Gasteiger partial charge in [-0.2, -0.15) is 0 Å². The van der Waals surface area contributed by atoms with Crippen LogP contribution in [0.15, 0.2) is 24.4 Å². The molecule has 0 atom stereocenters. The molecule has 0 bridgehead atoms. The molecule has 1 aliphatic heterocycles. The summed E-state index contributed by atoms with van der Waals surface area (Å²) in [6, 6.07) is 5.78. The maximum atomic E-state index is 10.0. The Hall–Kier alpha value is -1.94. The lowest BCUT2D eigenvalue weighted by Crippen LogP contribution is -2.32. The van der Waals surface area contributed by atoms with E-state index in [0.717, 1.165) is 37.4 Å². The predicted octanol–water partition coefficient (Wildman–Crippen LogP) is 3.35. The molecule has 2 heterocycles. The number of nitrogens with zero attached hydrogens (tertiary/aromatic N) is 3. The first-order valence-electron chi connectivity index (χ1n) is 8.19. The van der Waals surface area contributed by atoms with Gasteiger partial charge in [0, 0.05) is 54.5 Å². The Labute approximate surface area is 138 Å². The molecule has 4 heteroatoms. The molecule has 4 nitrogen and oxygen atoms in total. The van der Waals surface area contributed by atoms with Crippen LogP contribution in [0.2, 0.25) is 0 Å². The van der Waals surface area contributed by atoms with Crippen molar-refractivity contribution in [3.8, 4) is 5.75 Å². The molecule has 3 rings (SSSR count). The molecular weight excluding hydrogens is 286 g/mol. The van der Waals surface area contributed by atoms with Gasteiger partial charge in [0.25, 0.3) is 0 Å². The summed E-state index contributed by atoms with van der Waals surface area (Å²) in [6.07, 6.45) is 2.92. The van der Waals surface area contributed by atoms with E-state index in [9.17, 15) is 5.11 Å². The van der Waals surface area contributed by atoms with E-state index in [4.69, 9.17) is 4.98 Å². The number of aromatic hydroxyl groups is 1. The highest BCUT2D eigenvalue weighted by molar-refractivity contribution is 5.36. The number of hydrogen-bond donors (Lipinski definition) is 1. The molecule has 0 saturated carbocycles. The van der Waals surface area contributed by atoms with Crippen molar-refractivity contribution < 1.29 is 5.11 Å². The Morgan fingerprint density at radius 3 is 2.78 bits per heavy atom. The quantitative estimate of drug-likeness (QED) is 0.924. The molecule has 0 saturated heterocycles. The van der Waals surface area contributed by atoms with E-state index in [-0.39, 0.29) is 5.41 Å². The number of phenolic OH excluding ortho intramolecular Hbond substituents is 1. The van der Waals surface area contributed by atoms with Crippen molar-refractivity contribution in [3.05, 3.63) is 52.6 Å². The molecule has 0 aliphatic carbocycles. The summed E-state index contributed by atoms with van der Waals surface area (Å²) in [5.41, 5.74) is 4.53. The number of aromatic nitrogens is 2. The summed E-state index contributed by atoms with van der Waals surface area (Å²) in [6.45, 7) is 11.0. The van der Waals surface area contributed by atoms with Crippen LogP contribution >= 0.6 is 0 Å². The van der Waals surface area contributed by atoms with Crippen LogP contribution in [-0.4, -0.2) is 26.5 Å². The van der Waals surface area contributed by atoms with Gasteiger partial charge in [-0.05, 0) is 13.0 Å². The minimum Gasteiger partial charge on any atom is -0.508 e. The van der Waals surface area contributed by atoms with Crippen molar-refractivity contribution in [2.45, 2.75) is 52.6 Å². The zero-order chi connectivity index (χ0) is 16.6. The normalized spacial score (nSPS) is 15.5. The summed E-state index contributed by atoms with van der Waals surface area (Å²) < 4.78 is 0. The number of hydrogen-bond acceptors (Lipinski definition) is 4. The van der Waals surface area contributed by atoms with E-state index in [2.05, 4.69) is 43.6 Å². The summed E-state index contributed by atoms with van der Waals surface area (Å²) in [5, 5.41) is 10.0. The van der Waals surface area contributed by atoms with Crippen LogP contribution in [0.1, 0.15) is 49.0 Å². The second-order valence-corrected chi connectivity index (χ2v) is 7.51. The smallest absolute Gasteiger partial charge is 0.133 e. The predicted molar refractivity (Wildman–Crippen MR) is 91.4 cm³/mol. The zero-order valence-electron chi connectivity index (χ0n) is 14.4. The van der Waals surface area contributed by atoms with Crippen molar-refractivity contribution in [1.82, 2.24) is 14.9 Å². The lowest BCUT2D eigenvalue weighted by molar-refractivity contribution is 0.239. The largest absolute Gasteiger partial charge is 0.508 e. The Balaban J connectivity index is 1.77. The van der Waals surface area contributed by atoms with Crippen LogP contribution in [0.5, 0.6) is 5.75 Å². The van der Waals surface area contributed by atoms with Crippen molar-refractivity contribution in [2.75, 3.05) is 6.54 Å². The maximum absolute atomic E-state index is 10.0. The summed E-state index contributed by atoms with van der Waals surface area (Å²) in [7, 11) is 0. The van der Waals surface area contributed by atoms with Gasteiger partial charge in [0.05, 0.1) is 0 Å². The minimum absolute atomic E-state index is 0.0144. The highest BCUT2D eigenvalue weighted by atomic mass is 16.3. The van der Waals surface area contributed by atoms with E-state index in [1.165, 1.54) is 16.8 Å². The highest BCUT2D eigenvalue weighted by Gasteiger charge is 2.23. The average Bonchev–Trinajstić information content (AvgIpc) is 2.49. The van der Waals surface area contributed by atoms with E-state index in [1.807, 2.05) is 12.3 Å². The van der Waals surface area contributed by atoms with E-state index < -0.39 is 0 Å². The van der Waals surface area contributed by atoms with Gasteiger partial charge in [-0.15, -0.1) is 0 Å². The monoisotopic (exact) mass is 311 g/mol. The van der Waals surface area contributed by atoms with Crippen LogP contribution in [-0.2, 0) is 24.9 Å². The first-order chi connectivity index (χ1) is 10.8. The van der Waals surface area contributed by atoms with E-state index in [0.29, 0.717) is 5.75 Å². The average molecular weight is 311 g/mol. The molecular formula is C19H25N3O. The van der Waals surface area contributed by atoms with Crippen LogP contribution in [0.25, 0.3) is 0 Å². The van der Waals surface area contributed by atoms with E-state index in [1.54, 1.807) is 6.07 Å². The molecule has 2 aromatic rings. The summed E-state index contributed by atoms with van der Waals surface area (Å²) >= 11 is 0. The summed E-state index contributed by atoms with van der Waals surface area (Å²) in [5.74, 6) is 1.29. The fraction of sp³-hybridized carbons (Fsp3) is 0.474. The van der Waals surface area contributed by atoms with Crippen LogP contribution < -0.4 is 0 Å². The lowest BCUT2D eigenvalue weighted by Gasteiger charge is -2.29. The van der Waals surface area contributed by atoms with Crippen LogP contribution in [0, 0.1) is 6.92 Å². The number of fused-ring (bicyclic) bond motifs is 1. The SMILES string of the molecule is Cc1ccc(O)c(CN2CCc3nc(C(C)(C)C)ncc3C2)c1. The maximum Gasteiger partial charge on any atom is 0.133 e. The fourth-order valence-corrected chi connectivity index (χ4v) is 2.95. The molecule has 0 amide bonds. The molecule has 0 fully saturated rings. The summed E-state index contributed by atoms with van der Waals surface area (Å²) in [4.78, 5) is 11.7. The van der Waals surface area contributed by atoms with Crippen molar-refractivity contribution in [2.24, 2.45) is 0 Å². The first kappa shape index (κ1) is 15.9. The number of aryl methyl sites for hydroxylation is 1. The van der Waals surface area contributed by atoms with Gasteiger partial charge in [0.15, 0.2) is 0 Å². The van der Waals surface area contributed by atoms with Gasteiger partial charge in [0.2, 0.25) is 0 Å².